The molecule has 1 aromatic rings. The molecule has 1 rings (SSSR count). The van der Waals surface area contributed by atoms with Crippen molar-refractivity contribution in [3.05, 3.63) is 53.6 Å². The number of alkyl halides is 3. The molecule has 0 unspecified atom stereocenters. The first-order valence-corrected chi connectivity index (χ1v) is 6.09. The van der Waals surface area contributed by atoms with Gasteiger partial charge < -0.3 is 4.74 Å². The van der Waals surface area contributed by atoms with E-state index in [9.17, 15) is 18.0 Å². The van der Waals surface area contributed by atoms with E-state index in [0.29, 0.717) is 6.08 Å². The lowest BCUT2D eigenvalue weighted by Crippen LogP contribution is -2.14. The molecule has 0 radical (unpaired) electrons. The summed E-state index contributed by atoms with van der Waals surface area (Å²) in [6.07, 6.45) is -1.48. The van der Waals surface area contributed by atoms with Gasteiger partial charge in [-0.2, -0.15) is 13.2 Å². The Morgan fingerprint density at radius 3 is 2.45 bits per heavy atom. The molecule has 0 spiro atoms. The van der Waals surface area contributed by atoms with Crippen LogP contribution in [-0.2, 0) is 9.53 Å². The van der Waals surface area contributed by atoms with E-state index in [2.05, 4.69) is 4.74 Å². The molecule has 2 nitrogen and oxygen atoms in total. The van der Waals surface area contributed by atoms with E-state index in [0.717, 1.165) is 5.56 Å². The Labute approximate surface area is 115 Å². The van der Waals surface area contributed by atoms with Crippen molar-refractivity contribution in [1.29, 1.82) is 0 Å². The lowest BCUT2D eigenvalue weighted by Gasteiger charge is -2.09. The second-order valence-electron chi connectivity index (χ2n) is 3.94. The molecule has 0 saturated carbocycles. The first-order chi connectivity index (χ1) is 9.43. The van der Waals surface area contributed by atoms with Crippen molar-refractivity contribution in [2.45, 2.75) is 19.5 Å². The first kappa shape index (κ1) is 16.0. The lowest BCUT2D eigenvalue weighted by atomic mass is 10.1. The smallest absolute Gasteiger partial charge is 0.413 e. The van der Waals surface area contributed by atoms with Gasteiger partial charge in [0.05, 0.1) is 6.61 Å². The summed E-state index contributed by atoms with van der Waals surface area (Å²) in [5.41, 5.74) is -0.131. The molecule has 0 N–H and O–H groups in total. The third kappa shape index (κ3) is 5.73. The zero-order valence-electron chi connectivity index (χ0n) is 11.0. The van der Waals surface area contributed by atoms with Crippen LogP contribution in [-0.4, -0.2) is 18.8 Å². The van der Waals surface area contributed by atoms with Crippen LogP contribution >= 0.6 is 0 Å². The fourth-order valence-corrected chi connectivity index (χ4v) is 1.47. The maximum absolute atomic E-state index is 12.7. The van der Waals surface area contributed by atoms with Gasteiger partial charge in [0.1, 0.15) is 0 Å². The Morgan fingerprint density at radius 1 is 1.25 bits per heavy atom. The fourth-order valence-electron chi connectivity index (χ4n) is 1.47. The number of esters is 1. The van der Waals surface area contributed by atoms with Crippen LogP contribution < -0.4 is 0 Å². The zero-order chi connectivity index (χ0) is 15.0. The molecule has 108 valence electrons. The maximum atomic E-state index is 12.7. The largest absolute Gasteiger partial charge is 0.463 e. The van der Waals surface area contributed by atoms with Gasteiger partial charge in [-0.25, -0.2) is 4.79 Å². The molecule has 0 aliphatic rings. The average Bonchev–Trinajstić information content (AvgIpc) is 2.38. The van der Waals surface area contributed by atoms with Crippen molar-refractivity contribution in [2.75, 3.05) is 6.61 Å². The minimum Gasteiger partial charge on any atom is -0.463 e. The predicted octanol–water partition coefficient (Wildman–Crippen LogP) is 4.14. The molecule has 20 heavy (non-hydrogen) atoms. The number of allylic oxidation sites excluding steroid dienone is 2. The number of benzene rings is 1. The van der Waals surface area contributed by atoms with Crippen molar-refractivity contribution in [1.82, 2.24) is 0 Å². The summed E-state index contributed by atoms with van der Waals surface area (Å²) in [7, 11) is 0. The molecule has 0 aliphatic heterocycles. The molecule has 0 saturated heterocycles. The Balaban J connectivity index is 2.77. The number of rotatable bonds is 5. The highest BCUT2D eigenvalue weighted by Crippen LogP contribution is 2.28. The Kier molecular flexibility index (Phi) is 6.03. The van der Waals surface area contributed by atoms with Crippen molar-refractivity contribution >= 4 is 12.0 Å². The predicted molar refractivity (Wildman–Crippen MR) is 70.9 cm³/mol. The monoisotopic (exact) mass is 284 g/mol. The summed E-state index contributed by atoms with van der Waals surface area (Å²) < 4.78 is 42.7. The minimum absolute atomic E-state index is 0.0420. The Morgan fingerprint density at radius 2 is 1.90 bits per heavy atom. The Hall–Kier alpha value is -2.04. The summed E-state index contributed by atoms with van der Waals surface area (Å²) in [5.74, 6) is -0.979. The molecule has 0 heterocycles. The molecule has 0 bridgehead atoms. The summed E-state index contributed by atoms with van der Waals surface area (Å²) in [5, 5.41) is 0. The van der Waals surface area contributed by atoms with Gasteiger partial charge in [0.25, 0.3) is 0 Å². The Bertz CT molecular complexity index is 488. The van der Waals surface area contributed by atoms with Crippen LogP contribution in [0.2, 0.25) is 0 Å². The van der Waals surface area contributed by atoms with Crippen LogP contribution in [0.15, 0.2) is 48.1 Å². The molecular weight excluding hydrogens is 269 g/mol. The van der Waals surface area contributed by atoms with Crippen molar-refractivity contribution in [3.8, 4) is 0 Å². The van der Waals surface area contributed by atoms with E-state index in [4.69, 9.17) is 0 Å². The first-order valence-electron chi connectivity index (χ1n) is 6.09. The van der Waals surface area contributed by atoms with Crippen LogP contribution in [0.4, 0.5) is 13.2 Å². The van der Waals surface area contributed by atoms with E-state index in [-0.39, 0.29) is 13.0 Å². The second-order valence-corrected chi connectivity index (χ2v) is 3.94. The average molecular weight is 284 g/mol. The number of hydrogen-bond donors (Lipinski definition) is 0. The number of halogens is 3. The quantitative estimate of drug-likeness (QED) is 0.600. The van der Waals surface area contributed by atoms with Gasteiger partial charge in [0.15, 0.2) is 0 Å². The molecule has 0 amide bonds. The SMILES string of the molecule is CCOC(=O)/C=C(\C/C=C/c1ccccc1)C(F)(F)F. The van der Waals surface area contributed by atoms with E-state index in [1.807, 2.05) is 6.07 Å². The number of carbonyl (C=O) groups excluding carboxylic acids is 1. The maximum Gasteiger partial charge on any atom is 0.413 e. The van der Waals surface area contributed by atoms with Crippen LogP contribution in [0.25, 0.3) is 6.08 Å². The summed E-state index contributed by atoms with van der Waals surface area (Å²) in [6.45, 7) is 1.58. The number of ether oxygens (including phenoxy) is 1. The molecule has 0 atom stereocenters. The number of carbonyl (C=O) groups is 1. The summed E-state index contributed by atoms with van der Waals surface area (Å²) in [6, 6.07) is 8.95. The topological polar surface area (TPSA) is 26.3 Å². The fraction of sp³-hybridized carbons (Fsp3) is 0.267. The van der Waals surface area contributed by atoms with Crippen molar-refractivity contribution in [2.24, 2.45) is 0 Å². The van der Waals surface area contributed by atoms with Crippen molar-refractivity contribution in [3.63, 3.8) is 0 Å². The standard InChI is InChI=1S/C15H15F3O2/c1-2-20-14(19)11-13(15(16,17)18)10-6-9-12-7-4-3-5-8-12/h3-9,11H,2,10H2,1H3/b9-6+,13-11+. The molecule has 1 aromatic carbocycles. The molecule has 0 aliphatic carbocycles. The highest BCUT2D eigenvalue weighted by Gasteiger charge is 2.33. The zero-order valence-corrected chi connectivity index (χ0v) is 11.0. The highest BCUT2D eigenvalue weighted by molar-refractivity contribution is 5.83. The van der Waals surface area contributed by atoms with Gasteiger partial charge in [0, 0.05) is 11.6 Å². The van der Waals surface area contributed by atoms with Gasteiger partial charge in [-0.05, 0) is 18.9 Å². The van der Waals surface area contributed by atoms with Crippen LogP contribution in [0.5, 0.6) is 0 Å². The van der Waals surface area contributed by atoms with Gasteiger partial charge >= 0.3 is 12.1 Å². The summed E-state index contributed by atoms with van der Waals surface area (Å²) in [4.78, 5) is 11.1. The molecule has 0 aromatic heterocycles. The van der Waals surface area contributed by atoms with Gasteiger partial charge in [-0.3, -0.25) is 0 Å². The van der Waals surface area contributed by atoms with Crippen LogP contribution in [0, 0.1) is 0 Å². The summed E-state index contributed by atoms with van der Waals surface area (Å²) >= 11 is 0. The third-order valence-electron chi connectivity index (χ3n) is 2.39. The highest BCUT2D eigenvalue weighted by atomic mass is 19.4. The molecular formula is C15H15F3O2. The number of hydrogen-bond acceptors (Lipinski definition) is 2. The van der Waals surface area contributed by atoms with Crippen molar-refractivity contribution < 1.29 is 22.7 Å². The normalized spacial score (nSPS) is 12.7. The van der Waals surface area contributed by atoms with E-state index < -0.39 is 17.7 Å². The second kappa shape index (κ2) is 7.53. The van der Waals surface area contributed by atoms with Crippen LogP contribution in [0.3, 0.4) is 0 Å². The van der Waals surface area contributed by atoms with Gasteiger partial charge in [-0.1, -0.05) is 42.5 Å². The third-order valence-corrected chi connectivity index (χ3v) is 2.39. The van der Waals surface area contributed by atoms with Gasteiger partial charge in [0.2, 0.25) is 0 Å². The van der Waals surface area contributed by atoms with E-state index in [1.54, 1.807) is 30.3 Å². The molecule has 0 fully saturated rings. The minimum atomic E-state index is -4.55. The van der Waals surface area contributed by atoms with Crippen LogP contribution in [0.1, 0.15) is 18.9 Å². The van der Waals surface area contributed by atoms with Gasteiger partial charge in [-0.15, -0.1) is 0 Å². The molecule has 5 heteroatoms. The van der Waals surface area contributed by atoms with E-state index >= 15 is 0 Å². The van der Waals surface area contributed by atoms with E-state index in [1.165, 1.54) is 13.0 Å². The lowest BCUT2D eigenvalue weighted by molar-refractivity contribution is -0.138.